The lowest BCUT2D eigenvalue weighted by atomic mass is 10.0. The van der Waals surface area contributed by atoms with Gasteiger partial charge >= 0.3 is 0 Å². The summed E-state index contributed by atoms with van der Waals surface area (Å²) >= 11 is 1.08. The van der Waals surface area contributed by atoms with Crippen molar-refractivity contribution >= 4 is 48.9 Å². The number of nitrogens with one attached hydrogen (secondary N) is 1. The largest absolute Gasteiger partial charge is 0.505 e. The summed E-state index contributed by atoms with van der Waals surface area (Å²) in [5, 5.41) is 21.8. The average Bonchev–Trinajstić information content (AvgIpc) is 3.12. The number of hydrogen-bond donors (Lipinski definition) is 2. The van der Waals surface area contributed by atoms with E-state index in [0.29, 0.717) is 5.39 Å². The highest BCUT2D eigenvalue weighted by molar-refractivity contribution is 7.89. The van der Waals surface area contributed by atoms with Crippen LogP contribution in [-0.4, -0.2) is 41.0 Å². The van der Waals surface area contributed by atoms with Crippen LogP contribution in [0, 0.1) is 0 Å². The molecule has 132 valence electrons. The Morgan fingerprint density at radius 3 is 2.73 bits per heavy atom. The molecule has 0 aliphatic carbocycles. The summed E-state index contributed by atoms with van der Waals surface area (Å²) in [5.41, 5.74) is 1.14. The first-order valence-corrected chi connectivity index (χ1v) is 9.75. The summed E-state index contributed by atoms with van der Waals surface area (Å²) in [4.78, 5) is 12.5. The van der Waals surface area contributed by atoms with Crippen LogP contribution < -0.4 is 5.32 Å². The Bertz CT molecular complexity index is 1170. The van der Waals surface area contributed by atoms with Crippen LogP contribution in [0.1, 0.15) is 5.56 Å². The van der Waals surface area contributed by atoms with Crippen LogP contribution in [0.3, 0.4) is 0 Å². The SMILES string of the molecule is CN1C(C(=O)Nc2nncs2)=C(O)c2ccc3ccccc3c2S1(=O)=O. The van der Waals surface area contributed by atoms with Crippen LogP contribution >= 0.6 is 11.3 Å². The van der Waals surface area contributed by atoms with Crippen LogP contribution in [0.25, 0.3) is 16.5 Å². The van der Waals surface area contributed by atoms with Crippen LogP contribution in [0.15, 0.2) is 52.5 Å². The quantitative estimate of drug-likeness (QED) is 0.696. The van der Waals surface area contributed by atoms with Gasteiger partial charge in [0.25, 0.3) is 15.9 Å². The summed E-state index contributed by atoms with van der Waals surface area (Å²) < 4.78 is 26.9. The minimum absolute atomic E-state index is 0.0249. The van der Waals surface area contributed by atoms with Crippen molar-refractivity contribution in [3.05, 3.63) is 53.2 Å². The standard InChI is InChI=1S/C16H12N4O4S2/c1-20-12(15(22)18-16-19-17-8-25-16)13(21)11-7-6-9-4-2-3-5-10(9)14(11)26(20,23)24/h2-8,21H,1H3,(H,18,19,22). The molecule has 1 amide bonds. The number of carbonyl (C=O) groups excluding carboxylic acids is 1. The van der Waals surface area contributed by atoms with Gasteiger partial charge in [-0.25, -0.2) is 8.42 Å². The molecule has 0 atom stereocenters. The third-order valence-corrected chi connectivity index (χ3v) is 6.55. The Hall–Kier alpha value is -2.98. The number of benzene rings is 2. The average molecular weight is 388 g/mol. The molecule has 2 N–H and O–H groups in total. The van der Waals surface area contributed by atoms with Gasteiger partial charge in [0.05, 0.1) is 0 Å². The van der Waals surface area contributed by atoms with Crippen LogP contribution in [0.4, 0.5) is 5.13 Å². The lowest BCUT2D eigenvalue weighted by Crippen LogP contribution is -2.37. The smallest absolute Gasteiger partial charge is 0.278 e. The Morgan fingerprint density at radius 2 is 2.00 bits per heavy atom. The maximum absolute atomic E-state index is 13.1. The zero-order valence-electron chi connectivity index (χ0n) is 13.4. The van der Waals surface area contributed by atoms with Crippen molar-refractivity contribution in [3.8, 4) is 0 Å². The molecule has 1 aliphatic rings. The van der Waals surface area contributed by atoms with E-state index in [9.17, 15) is 18.3 Å². The van der Waals surface area contributed by atoms with E-state index >= 15 is 0 Å². The number of aliphatic hydroxyl groups is 1. The Morgan fingerprint density at radius 1 is 1.23 bits per heavy atom. The van der Waals surface area contributed by atoms with Crippen molar-refractivity contribution in [2.45, 2.75) is 4.90 Å². The van der Waals surface area contributed by atoms with E-state index in [1.165, 1.54) is 18.6 Å². The molecule has 1 aromatic heterocycles. The van der Waals surface area contributed by atoms with Gasteiger partial charge in [-0.15, -0.1) is 10.2 Å². The summed E-state index contributed by atoms with van der Waals surface area (Å²) in [6.45, 7) is 0. The maximum atomic E-state index is 13.1. The van der Waals surface area contributed by atoms with Crippen LogP contribution in [-0.2, 0) is 14.8 Å². The molecule has 0 saturated heterocycles. The van der Waals surface area contributed by atoms with Crippen molar-refractivity contribution in [2.75, 3.05) is 12.4 Å². The highest BCUT2D eigenvalue weighted by atomic mass is 32.2. The molecule has 2 heterocycles. The lowest BCUT2D eigenvalue weighted by Gasteiger charge is -2.29. The Kier molecular flexibility index (Phi) is 3.67. The monoisotopic (exact) mass is 388 g/mol. The second kappa shape index (κ2) is 5.78. The minimum Gasteiger partial charge on any atom is -0.505 e. The van der Waals surface area contributed by atoms with Crippen molar-refractivity contribution in [3.63, 3.8) is 0 Å². The van der Waals surface area contributed by atoms with Crippen molar-refractivity contribution in [2.24, 2.45) is 0 Å². The van der Waals surface area contributed by atoms with Gasteiger partial charge < -0.3 is 5.11 Å². The number of rotatable bonds is 2. The molecule has 4 rings (SSSR count). The Balaban J connectivity index is 1.95. The van der Waals surface area contributed by atoms with E-state index in [-0.39, 0.29) is 21.3 Å². The number of amides is 1. The molecule has 2 aromatic carbocycles. The number of hydrogen-bond acceptors (Lipinski definition) is 7. The molecular weight excluding hydrogens is 376 g/mol. The number of carbonyl (C=O) groups is 1. The fourth-order valence-electron chi connectivity index (χ4n) is 2.88. The minimum atomic E-state index is -4.03. The van der Waals surface area contributed by atoms with Gasteiger partial charge in [-0.2, -0.15) is 0 Å². The summed E-state index contributed by atoms with van der Waals surface area (Å²) in [5.74, 6) is -1.20. The van der Waals surface area contributed by atoms with Gasteiger partial charge in [0.1, 0.15) is 10.4 Å². The number of fused-ring (bicyclic) bond motifs is 3. The number of anilines is 1. The molecule has 0 fully saturated rings. The van der Waals surface area contributed by atoms with Crippen molar-refractivity contribution in [1.29, 1.82) is 0 Å². The lowest BCUT2D eigenvalue weighted by molar-refractivity contribution is -0.113. The number of sulfonamides is 1. The van der Waals surface area contributed by atoms with Gasteiger partial charge in [0.15, 0.2) is 11.5 Å². The molecule has 0 spiro atoms. The molecule has 3 aromatic rings. The Labute approximate surface area is 152 Å². The predicted octanol–water partition coefficient (Wildman–Crippen LogP) is 2.19. The molecule has 0 bridgehead atoms. The number of aliphatic hydroxyl groups excluding tert-OH is 1. The van der Waals surface area contributed by atoms with Gasteiger partial charge in [-0.3, -0.25) is 14.4 Å². The van der Waals surface area contributed by atoms with Gasteiger partial charge in [0.2, 0.25) is 5.13 Å². The molecule has 26 heavy (non-hydrogen) atoms. The first kappa shape index (κ1) is 16.5. The highest BCUT2D eigenvalue weighted by Crippen LogP contribution is 2.39. The highest BCUT2D eigenvalue weighted by Gasteiger charge is 2.39. The van der Waals surface area contributed by atoms with Crippen LogP contribution in [0.5, 0.6) is 0 Å². The predicted molar refractivity (Wildman–Crippen MR) is 97.0 cm³/mol. The second-order valence-corrected chi connectivity index (χ2v) is 8.27. The molecule has 0 radical (unpaired) electrons. The van der Waals surface area contributed by atoms with Crippen LogP contribution in [0.2, 0.25) is 0 Å². The van der Waals surface area contributed by atoms with E-state index in [1.807, 2.05) is 0 Å². The number of aromatic nitrogens is 2. The van der Waals surface area contributed by atoms with E-state index in [2.05, 4.69) is 15.5 Å². The van der Waals surface area contributed by atoms with Crippen molar-refractivity contribution in [1.82, 2.24) is 14.5 Å². The van der Waals surface area contributed by atoms with Gasteiger partial charge in [0, 0.05) is 18.0 Å². The van der Waals surface area contributed by atoms with Gasteiger partial charge in [-0.05, 0) is 11.5 Å². The maximum Gasteiger partial charge on any atom is 0.278 e. The van der Waals surface area contributed by atoms with E-state index in [4.69, 9.17) is 0 Å². The second-order valence-electron chi connectivity index (χ2n) is 5.53. The normalized spacial score (nSPS) is 15.8. The van der Waals surface area contributed by atoms with E-state index in [0.717, 1.165) is 21.0 Å². The third-order valence-electron chi connectivity index (χ3n) is 4.09. The topological polar surface area (TPSA) is 112 Å². The molecular formula is C16H12N4O4S2. The summed E-state index contributed by atoms with van der Waals surface area (Å²) in [7, 11) is -2.80. The fraction of sp³-hybridized carbons (Fsp3) is 0.0625. The molecule has 0 saturated carbocycles. The third kappa shape index (κ3) is 2.34. The zero-order chi connectivity index (χ0) is 18.5. The van der Waals surface area contributed by atoms with E-state index < -0.39 is 21.7 Å². The summed E-state index contributed by atoms with van der Waals surface area (Å²) in [6, 6.07) is 10.2. The molecule has 10 heteroatoms. The zero-order valence-corrected chi connectivity index (χ0v) is 15.0. The molecule has 8 nitrogen and oxygen atoms in total. The van der Waals surface area contributed by atoms with E-state index in [1.54, 1.807) is 30.3 Å². The van der Waals surface area contributed by atoms with Gasteiger partial charge in [-0.1, -0.05) is 41.7 Å². The molecule has 0 unspecified atom stereocenters. The number of likely N-dealkylation sites (N-methyl/N-ethyl adjacent to an activating group) is 1. The molecule has 1 aliphatic heterocycles. The summed E-state index contributed by atoms with van der Waals surface area (Å²) in [6.07, 6.45) is 0. The van der Waals surface area contributed by atoms with Crippen molar-refractivity contribution < 1.29 is 18.3 Å². The number of nitrogens with zero attached hydrogens (tertiary/aromatic N) is 3. The first-order chi connectivity index (χ1) is 12.4. The first-order valence-electron chi connectivity index (χ1n) is 7.43. The fourth-order valence-corrected chi connectivity index (χ4v) is 4.91.